The molecule has 7 heteroatoms. The number of pyridine rings is 1. The van der Waals surface area contributed by atoms with E-state index in [0.717, 1.165) is 5.56 Å². The summed E-state index contributed by atoms with van der Waals surface area (Å²) in [5.74, 6) is 0.402. The zero-order chi connectivity index (χ0) is 20.1. The van der Waals surface area contributed by atoms with Crippen molar-refractivity contribution in [3.8, 4) is 35.1 Å². The molecule has 2 aromatic carbocycles. The van der Waals surface area contributed by atoms with E-state index in [1.54, 1.807) is 48.5 Å². The Morgan fingerprint density at radius 2 is 1.68 bits per heavy atom. The number of anilines is 1. The highest BCUT2D eigenvalue weighted by molar-refractivity contribution is 5.80. The van der Waals surface area contributed by atoms with Crippen molar-refractivity contribution < 1.29 is 4.74 Å². The molecule has 3 aromatic rings. The molecule has 0 aliphatic heterocycles. The minimum atomic E-state index is -0.655. The minimum Gasteiger partial charge on any atom is -0.489 e. The highest BCUT2D eigenvalue weighted by atomic mass is 16.5. The molecule has 0 unspecified atom stereocenters. The second kappa shape index (κ2) is 7.78. The van der Waals surface area contributed by atoms with E-state index in [-0.39, 0.29) is 29.1 Å². The van der Waals surface area contributed by atoms with Gasteiger partial charge in [-0.2, -0.15) is 15.8 Å². The Labute approximate surface area is 160 Å². The van der Waals surface area contributed by atoms with Crippen LogP contribution in [0.25, 0.3) is 11.1 Å². The third kappa shape index (κ3) is 3.53. The zero-order valence-corrected chi connectivity index (χ0v) is 14.6. The number of nitriles is 3. The first-order valence-corrected chi connectivity index (χ1v) is 8.15. The monoisotopic (exact) mass is 367 g/mol. The molecule has 0 atom stereocenters. The summed E-state index contributed by atoms with van der Waals surface area (Å²) in [4.78, 5) is 14.4. The summed E-state index contributed by atoms with van der Waals surface area (Å²) in [6.07, 6.45) is 0. The Hall–Kier alpha value is -4.54. The van der Waals surface area contributed by atoms with Gasteiger partial charge in [0.1, 0.15) is 41.4 Å². The van der Waals surface area contributed by atoms with Crippen molar-refractivity contribution in [3.05, 3.63) is 81.1 Å². The van der Waals surface area contributed by atoms with Gasteiger partial charge in [0, 0.05) is 5.56 Å². The van der Waals surface area contributed by atoms with Crippen molar-refractivity contribution in [2.75, 3.05) is 5.73 Å². The number of H-pyrrole nitrogens is 1. The van der Waals surface area contributed by atoms with E-state index in [9.17, 15) is 15.3 Å². The molecule has 7 nitrogen and oxygen atoms in total. The average Bonchev–Trinajstić information content (AvgIpc) is 2.72. The second-order valence-electron chi connectivity index (χ2n) is 5.84. The molecule has 1 aromatic heterocycles. The zero-order valence-electron chi connectivity index (χ0n) is 14.6. The number of aromatic nitrogens is 1. The van der Waals surface area contributed by atoms with Gasteiger partial charge in [0.15, 0.2) is 0 Å². The van der Waals surface area contributed by atoms with Crippen LogP contribution in [0, 0.1) is 34.0 Å². The Morgan fingerprint density at radius 1 is 0.964 bits per heavy atom. The number of nitrogen functional groups attached to an aromatic ring is 1. The van der Waals surface area contributed by atoms with Gasteiger partial charge in [0.2, 0.25) is 0 Å². The molecule has 0 aliphatic rings. The molecule has 1 heterocycles. The predicted octanol–water partition coefficient (Wildman–Crippen LogP) is 2.82. The summed E-state index contributed by atoms with van der Waals surface area (Å²) in [5, 5.41) is 27.6. The minimum absolute atomic E-state index is 0.0281. The van der Waals surface area contributed by atoms with E-state index in [2.05, 4.69) is 11.1 Å². The lowest BCUT2D eigenvalue weighted by atomic mass is 9.96. The van der Waals surface area contributed by atoms with Gasteiger partial charge in [0.25, 0.3) is 5.56 Å². The predicted molar refractivity (Wildman–Crippen MR) is 102 cm³/mol. The van der Waals surface area contributed by atoms with Gasteiger partial charge in [-0.25, -0.2) is 0 Å². The maximum atomic E-state index is 12.1. The molecule has 0 bridgehead atoms. The fourth-order valence-electron chi connectivity index (χ4n) is 2.72. The normalized spacial score (nSPS) is 9.75. The highest BCUT2D eigenvalue weighted by Crippen LogP contribution is 2.30. The number of benzene rings is 2. The first-order chi connectivity index (χ1) is 13.6. The van der Waals surface area contributed by atoms with Crippen LogP contribution in [0.4, 0.5) is 5.82 Å². The van der Waals surface area contributed by atoms with Crippen molar-refractivity contribution in [1.29, 1.82) is 15.8 Å². The van der Waals surface area contributed by atoms with Crippen molar-refractivity contribution >= 4 is 5.82 Å². The molecule has 0 radical (unpaired) electrons. The molecular weight excluding hydrogens is 354 g/mol. The lowest BCUT2D eigenvalue weighted by Gasteiger charge is -2.11. The van der Waals surface area contributed by atoms with Crippen LogP contribution in [0.2, 0.25) is 0 Å². The summed E-state index contributed by atoms with van der Waals surface area (Å²) in [7, 11) is 0. The lowest BCUT2D eigenvalue weighted by molar-refractivity contribution is 0.306. The number of nitrogens with two attached hydrogens (primary N) is 1. The Bertz CT molecular complexity index is 1220. The van der Waals surface area contributed by atoms with E-state index in [1.807, 2.05) is 12.1 Å². The van der Waals surface area contributed by atoms with Gasteiger partial charge in [-0.05, 0) is 35.4 Å². The summed E-state index contributed by atoms with van der Waals surface area (Å²) in [6, 6.07) is 19.5. The average molecular weight is 367 g/mol. The Morgan fingerprint density at radius 3 is 2.32 bits per heavy atom. The summed E-state index contributed by atoms with van der Waals surface area (Å²) >= 11 is 0. The van der Waals surface area contributed by atoms with Crippen molar-refractivity contribution in [1.82, 2.24) is 4.98 Å². The largest absolute Gasteiger partial charge is 0.489 e. The SMILES string of the molecule is N#Cc1ccc(COc2cccc(-c3c(C#N)c(N)[nH]c(=O)c3C#N)c2)cc1. The molecular formula is C21H13N5O2. The topological polar surface area (TPSA) is 139 Å². The van der Waals surface area contributed by atoms with E-state index >= 15 is 0 Å². The molecule has 0 saturated heterocycles. The van der Waals surface area contributed by atoms with Crippen LogP contribution in [0.5, 0.6) is 5.75 Å². The molecule has 3 rings (SSSR count). The smallest absolute Gasteiger partial charge is 0.268 e. The molecule has 0 aliphatic carbocycles. The summed E-state index contributed by atoms with van der Waals surface area (Å²) in [5.41, 5.74) is 7.02. The summed E-state index contributed by atoms with van der Waals surface area (Å²) < 4.78 is 5.77. The van der Waals surface area contributed by atoms with Crippen LogP contribution in [0.15, 0.2) is 53.3 Å². The van der Waals surface area contributed by atoms with Crippen LogP contribution in [0.3, 0.4) is 0 Å². The van der Waals surface area contributed by atoms with Crippen LogP contribution < -0.4 is 16.0 Å². The molecule has 0 spiro atoms. The van der Waals surface area contributed by atoms with Gasteiger partial charge in [0.05, 0.1) is 11.6 Å². The number of ether oxygens (including phenoxy) is 1. The quantitative estimate of drug-likeness (QED) is 0.726. The fraction of sp³-hybridized carbons (Fsp3) is 0.0476. The van der Waals surface area contributed by atoms with Crippen molar-refractivity contribution in [3.63, 3.8) is 0 Å². The van der Waals surface area contributed by atoms with Gasteiger partial charge < -0.3 is 15.5 Å². The molecule has 0 saturated carbocycles. The first kappa shape index (κ1) is 18.3. The van der Waals surface area contributed by atoms with Crippen molar-refractivity contribution in [2.45, 2.75) is 6.61 Å². The third-order valence-electron chi connectivity index (χ3n) is 4.08. The first-order valence-electron chi connectivity index (χ1n) is 8.15. The standard InChI is InChI=1S/C21H13N5O2/c22-9-13-4-6-14(7-5-13)12-28-16-3-1-2-15(8-16)19-17(10-23)20(25)26-21(27)18(19)11-24/h1-8H,12H2,(H3,25,26,27). The van der Waals surface area contributed by atoms with Crippen LogP contribution in [0.1, 0.15) is 22.3 Å². The second-order valence-corrected chi connectivity index (χ2v) is 5.84. The fourth-order valence-corrected chi connectivity index (χ4v) is 2.72. The maximum Gasteiger partial charge on any atom is 0.268 e. The van der Waals surface area contributed by atoms with Crippen LogP contribution in [-0.4, -0.2) is 4.98 Å². The van der Waals surface area contributed by atoms with E-state index in [4.69, 9.17) is 15.7 Å². The number of nitrogens with zero attached hydrogens (tertiary/aromatic N) is 3. The van der Waals surface area contributed by atoms with E-state index in [0.29, 0.717) is 16.9 Å². The molecule has 3 N–H and O–H groups in total. The van der Waals surface area contributed by atoms with Gasteiger partial charge in [-0.3, -0.25) is 4.79 Å². The van der Waals surface area contributed by atoms with Crippen LogP contribution in [-0.2, 0) is 6.61 Å². The Kier molecular flexibility index (Phi) is 5.07. The number of aromatic amines is 1. The summed E-state index contributed by atoms with van der Waals surface area (Å²) in [6.45, 7) is 0.267. The third-order valence-corrected chi connectivity index (χ3v) is 4.08. The number of hydrogen-bond donors (Lipinski definition) is 2. The molecule has 0 fully saturated rings. The number of hydrogen-bond acceptors (Lipinski definition) is 6. The molecule has 134 valence electrons. The van der Waals surface area contributed by atoms with Gasteiger partial charge in [-0.15, -0.1) is 0 Å². The maximum absolute atomic E-state index is 12.1. The molecule has 28 heavy (non-hydrogen) atoms. The van der Waals surface area contributed by atoms with Gasteiger partial charge in [-0.1, -0.05) is 24.3 Å². The van der Waals surface area contributed by atoms with E-state index < -0.39 is 5.56 Å². The lowest BCUT2D eigenvalue weighted by Crippen LogP contribution is -2.16. The van der Waals surface area contributed by atoms with E-state index in [1.165, 1.54) is 0 Å². The highest BCUT2D eigenvalue weighted by Gasteiger charge is 2.18. The Balaban J connectivity index is 1.96. The van der Waals surface area contributed by atoms with Crippen molar-refractivity contribution in [2.24, 2.45) is 0 Å². The number of nitrogens with one attached hydrogen (secondary N) is 1. The van der Waals surface area contributed by atoms with Crippen LogP contribution >= 0.6 is 0 Å². The number of rotatable bonds is 4. The molecule has 0 amide bonds. The van der Waals surface area contributed by atoms with Gasteiger partial charge >= 0.3 is 0 Å².